The van der Waals surface area contributed by atoms with Gasteiger partial charge in [0, 0.05) is 15.1 Å². The van der Waals surface area contributed by atoms with Crippen molar-refractivity contribution in [2.24, 2.45) is 0 Å². The second kappa shape index (κ2) is 6.45. The van der Waals surface area contributed by atoms with Crippen LogP contribution < -0.4 is 9.47 Å². The van der Waals surface area contributed by atoms with Crippen molar-refractivity contribution in [2.75, 3.05) is 6.79 Å². The summed E-state index contributed by atoms with van der Waals surface area (Å²) < 4.78 is 11.3. The summed E-state index contributed by atoms with van der Waals surface area (Å²) in [7, 11) is 0. The number of benzene rings is 2. The van der Waals surface area contributed by atoms with E-state index in [9.17, 15) is 10.1 Å². The molecule has 0 N–H and O–H groups in total. The Bertz CT molecular complexity index is 853. The summed E-state index contributed by atoms with van der Waals surface area (Å²) in [5.41, 5.74) is 1.08. The lowest BCUT2D eigenvalue weighted by atomic mass is 10.0. The number of rotatable bonds is 3. The molecule has 1 aliphatic heterocycles. The van der Waals surface area contributed by atoms with Crippen LogP contribution in [0.2, 0.25) is 5.02 Å². The normalized spacial score (nSPS) is 12.8. The SMILES string of the molecule is N#C/C(=C\c1cc2c(cc1Br)OCO2)C(=O)c1ccc(Cl)cc1. The van der Waals surface area contributed by atoms with E-state index in [2.05, 4.69) is 15.9 Å². The van der Waals surface area contributed by atoms with Gasteiger partial charge >= 0.3 is 0 Å². The van der Waals surface area contributed by atoms with Crippen molar-refractivity contribution in [2.45, 2.75) is 0 Å². The minimum Gasteiger partial charge on any atom is -0.454 e. The molecule has 0 spiro atoms. The third-order valence-corrected chi connectivity index (χ3v) is 4.20. The van der Waals surface area contributed by atoms with Crippen LogP contribution in [0, 0.1) is 11.3 Å². The number of Topliss-reactive ketones (excluding diaryl/α,β-unsaturated/α-hetero) is 1. The number of carbonyl (C=O) groups excluding carboxylic acids is 1. The predicted octanol–water partition coefficient (Wildman–Crippen LogP) is 4.62. The zero-order chi connectivity index (χ0) is 16.4. The monoisotopic (exact) mass is 389 g/mol. The lowest BCUT2D eigenvalue weighted by Crippen LogP contribution is -2.01. The first-order valence-electron chi connectivity index (χ1n) is 6.59. The third-order valence-electron chi connectivity index (χ3n) is 3.26. The van der Waals surface area contributed by atoms with Crippen molar-refractivity contribution < 1.29 is 14.3 Å². The van der Waals surface area contributed by atoms with Crippen molar-refractivity contribution in [1.29, 1.82) is 5.26 Å². The van der Waals surface area contributed by atoms with E-state index in [1.807, 2.05) is 6.07 Å². The molecule has 0 saturated carbocycles. The van der Waals surface area contributed by atoms with Gasteiger partial charge in [0.15, 0.2) is 11.5 Å². The summed E-state index contributed by atoms with van der Waals surface area (Å²) >= 11 is 9.22. The molecule has 1 aliphatic rings. The van der Waals surface area contributed by atoms with Crippen LogP contribution in [0.25, 0.3) is 6.08 Å². The fourth-order valence-electron chi connectivity index (χ4n) is 2.10. The van der Waals surface area contributed by atoms with E-state index >= 15 is 0 Å². The fraction of sp³-hybridized carbons (Fsp3) is 0.0588. The highest BCUT2D eigenvalue weighted by atomic mass is 79.9. The van der Waals surface area contributed by atoms with E-state index in [-0.39, 0.29) is 18.1 Å². The summed E-state index contributed by atoms with van der Waals surface area (Å²) in [6.45, 7) is 0.157. The highest BCUT2D eigenvalue weighted by Gasteiger charge is 2.17. The third kappa shape index (κ3) is 3.24. The van der Waals surface area contributed by atoms with Gasteiger partial charge in [0.1, 0.15) is 11.6 Å². The summed E-state index contributed by atoms with van der Waals surface area (Å²) in [6.07, 6.45) is 1.52. The van der Waals surface area contributed by atoms with Gasteiger partial charge in [-0.15, -0.1) is 0 Å². The standard InChI is InChI=1S/C17H9BrClNO3/c18-14-7-16-15(22-9-23-16)6-11(14)5-12(8-20)17(21)10-1-3-13(19)4-2-10/h1-7H,9H2/b12-5+. The highest BCUT2D eigenvalue weighted by molar-refractivity contribution is 9.10. The van der Waals surface area contributed by atoms with Crippen LogP contribution in [-0.4, -0.2) is 12.6 Å². The van der Waals surface area contributed by atoms with Gasteiger partial charge < -0.3 is 9.47 Å². The predicted molar refractivity (Wildman–Crippen MR) is 89.6 cm³/mol. The number of halogens is 2. The number of fused-ring (bicyclic) bond motifs is 1. The molecule has 1 heterocycles. The Hall–Kier alpha value is -2.29. The molecule has 0 radical (unpaired) electrons. The van der Waals surface area contributed by atoms with Gasteiger partial charge in [0.2, 0.25) is 12.6 Å². The number of ether oxygens (including phenoxy) is 2. The van der Waals surface area contributed by atoms with Crippen LogP contribution >= 0.6 is 27.5 Å². The molecule has 0 aromatic heterocycles. The molecular formula is C17H9BrClNO3. The Morgan fingerprint density at radius 3 is 2.52 bits per heavy atom. The van der Waals surface area contributed by atoms with Gasteiger partial charge in [0.25, 0.3) is 0 Å². The molecule has 0 bridgehead atoms. The number of ketones is 1. The number of nitrogens with zero attached hydrogens (tertiary/aromatic N) is 1. The van der Waals surface area contributed by atoms with Gasteiger partial charge in [0.05, 0.1) is 0 Å². The van der Waals surface area contributed by atoms with Crippen molar-refractivity contribution in [3.05, 3.63) is 62.6 Å². The lowest BCUT2D eigenvalue weighted by molar-refractivity contribution is 0.104. The van der Waals surface area contributed by atoms with Crippen molar-refractivity contribution in [1.82, 2.24) is 0 Å². The maximum Gasteiger partial charge on any atom is 0.231 e. The quantitative estimate of drug-likeness (QED) is 0.436. The van der Waals surface area contributed by atoms with Crippen LogP contribution in [0.15, 0.2) is 46.4 Å². The van der Waals surface area contributed by atoms with Gasteiger partial charge in [-0.3, -0.25) is 4.79 Å². The number of nitriles is 1. The van der Waals surface area contributed by atoms with Crippen LogP contribution in [0.5, 0.6) is 11.5 Å². The summed E-state index contributed by atoms with van der Waals surface area (Å²) in [5.74, 6) is 0.834. The molecule has 6 heteroatoms. The Morgan fingerprint density at radius 2 is 1.87 bits per heavy atom. The van der Waals surface area contributed by atoms with Crippen molar-refractivity contribution in [3.63, 3.8) is 0 Å². The first kappa shape index (κ1) is 15.6. The molecule has 3 rings (SSSR count). The van der Waals surface area contributed by atoms with E-state index < -0.39 is 0 Å². The van der Waals surface area contributed by atoms with Gasteiger partial charge in [-0.1, -0.05) is 27.5 Å². The zero-order valence-corrected chi connectivity index (χ0v) is 14.0. The Morgan fingerprint density at radius 1 is 1.22 bits per heavy atom. The summed E-state index contributed by atoms with van der Waals surface area (Å²) in [6, 6.07) is 11.8. The maximum atomic E-state index is 12.4. The van der Waals surface area contributed by atoms with Crippen LogP contribution in [0.4, 0.5) is 0 Å². The number of hydrogen-bond acceptors (Lipinski definition) is 4. The highest BCUT2D eigenvalue weighted by Crippen LogP contribution is 2.37. The van der Waals surface area contributed by atoms with E-state index in [4.69, 9.17) is 21.1 Å². The minimum atomic E-state index is -0.367. The van der Waals surface area contributed by atoms with Crippen LogP contribution in [-0.2, 0) is 0 Å². The maximum absolute atomic E-state index is 12.4. The molecule has 0 saturated heterocycles. The van der Waals surface area contributed by atoms with E-state index in [1.54, 1.807) is 36.4 Å². The first-order valence-corrected chi connectivity index (χ1v) is 7.77. The average molecular weight is 391 g/mol. The number of carbonyl (C=O) groups is 1. The Labute approximate surface area is 146 Å². The molecule has 2 aromatic carbocycles. The van der Waals surface area contributed by atoms with E-state index in [0.717, 1.165) is 0 Å². The van der Waals surface area contributed by atoms with Gasteiger partial charge in [-0.2, -0.15) is 5.26 Å². The van der Waals surface area contributed by atoms with E-state index in [1.165, 1.54) is 6.08 Å². The first-order chi connectivity index (χ1) is 11.1. The summed E-state index contributed by atoms with van der Waals surface area (Å²) in [5, 5.41) is 9.85. The molecule has 4 nitrogen and oxygen atoms in total. The molecule has 23 heavy (non-hydrogen) atoms. The Kier molecular flexibility index (Phi) is 4.37. The number of hydrogen-bond donors (Lipinski definition) is 0. The molecule has 0 aliphatic carbocycles. The molecule has 0 atom stereocenters. The zero-order valence-electron chi connectivity index (χ0n) is 11.7. The second-order valence-electron chi connectivity index (χ2n) is 4.73. The molecule has 0 amide bonds. The topological polar surface area (TPSA) is 59.3 Å². The molecular weight excluding hydrogens is 382 g/mol. The van der Waals surface area contributed by atoms with Gasteiger partial charge in [-0.05, 0) is 48.0 Å². The summed E-state index contributed by atoms with van der Waals surface area (Å²) in [4.78, 5) is 12.4. The smallest absolute Gasteiger partial charge is 0.231 e. The lowest BCUT2D eigenvalue weighted by Gasteiger charge is -2.04. The van der Waals surface area contributed by atoms with Crippen molar-refractivity contribution in [3.8, 4) is 17.6 Å². The van der Waals surface area contributed by atoms with Crippen LogP contribution in [0.1, 0.15) is 15.9 Å². The molecule has 114 valence electrons. The fourth-order valence-corrected chi connectivity index (χ4v) is 2.67. The average Bonchev–Trinajstić information content (AvgIpc) is 2.99. The van der Waals surface area contributed by atoms with E-state index in [0.29, 0.717) is 32.1 Å². The Balaban J connectivity index is 1.98. The second-order valence-corrected chi connectivity index (χ2v) is 6.02. The van der Waals surface area contributed by atoms with Gasteiger partial charge in [-0.25, -0.2) is 0 Å². The number of allylic oxidation sites excluding steroid dienone is 1. The van der Waals surface area contributed by atoms with Crippen LogP contribution in [0.3, 0.4) is 0 Å². The van der Waals surface area contributed by atoms with Crippen molar-refractivity contribution >= 4 is 39.4 Å². The largest absolute Gasteiger partial charge is 0.454 e. The minimum absolute atomic E-state index is 0.0203. The molecule has 2 aromatic rings. The molecule has 0 fully saturated rings. The molecule has 0 unspecified atom stereocenters.